The fourth-order valence-electron chi connectivity index (χ4n) is 2.90. The number of hydrogen-bond donors (Lipinski definition) is 0. The van der Waals surface area contributed by atoms with Gasteiger partial charge in [0.2, 0.25) is 0 Å². The van der Waals surface area contributed by atoms with Crippen molar-refractivity contribution in [3.05, 3.63) is 67.6 Å². The number of thioether (sulfide) groups is 1. The lowest BCUT2D eigenvalue weighted by Gasteiger charge is -2.11. The van der Waals surface area contributed by atoms with Crippen molar-refractivity contribution in [2.45, 2.75) is 20.0 Å². The van der Waals surface area contributed by atoms with Crippen LogP contribution in [0.3, 0.4) is 0 Å². The predicted molar refractivity (Wildman–Crippen MR) is 124 cm³/mol. The van der Waals surface area contributed by atoms with Crippen LogP contribution in [0.1, 0.15) is 23.1 Å². The van der Waals surface area contributed by atoms with Crippen LogP contribution in [0.4, 0.5) is 4.79 Å². The van der Waals surface area contributed by atoms with Crippen molar-refractivity contribution < 1.29 is 19.1 Å². The maximum Gasteiger partial charge on any atom is 0.293 e. The second kappa shape index (κ2) is 10.3. The Bertz CT molecular complexity index is 944. The summed E-state index contributed by atoms with van der Waals surface area (Å²) < 4.78 is 11.9. The van der Waals surface area contributed by atoms with Crippen LogP contribution in [-0.2, 0) is 16.1 Å². The minimum atomic E-state index is -0.245. The van der Waals surface area contributed by atoms with Crippen LogP contribution in [0, 0.1) is 10.5 Å². The van der Waals surface area contributed by atoms with Gasteiger partial charge in [0.15, 0.2) is 0 Å². The molecule has 7 heteroatoms. The van der Waals surface area contributed by atoms with Crippen LogP contribution < -0.4 is 4.74 Å². The van der Waals surface area contributed by atoms with E-state index >= 15 is 0 Å². The normalized spacial score (nSPS) is 15.4. The number of hydrogen-bond acceptors (Lipinski definition) is 5. The largest absolute Gasteiger partial charge is 0.488 e. The number of imide groups is 1. The Balaban J connectivity index is 1.66. The third-order valence-electron chi connectivity index (χ3n) is 4.33. The third kappa shape index (κ3) is 5.83. The standard InChI is InChI=1S/C22H22INO4S/c1-15-5-3-6-17(11-15)14-28-19-8-7-16(12-18(19)23)13-20-21(25)24(22(26)29-20)9-4-10-27-2/h3,5-8,11-13H,4,9-10,14H2,1-2H3/b20-13+. The first-order chi connectivity index (χ1) is 14.0. The fraction of sp³-hybridized carbons (Fsp3) is 0.273. The number of halogens is 1. The number of ether oxygens (including phenoxy) is 2. The van der Waals surface area contributed by atoms with Gasteiger partial charge in [0.25, 0.3) is 11.1 Å². The smallest absolute Gasteiger partial charge is 0.293 e. The summed E-state index contributed by atoms with van der Waals surface area (Å²) in [6.07, 6.45) is 2.39. The van der Waals surface area contributed by atoms with E-state index < -0.39 is 0 Å². The molecule has 1 aliphatic heterocycles. The summed E-state index contributed by atoms with van der Waals surface area (Å²) in [5.74, 6) is 0.544. The number of carbonyl (C=O) groups is 2. The Hall–Kier alpha value is -1.84. The number of methoxy groups -OCH3 is 1. The van der Waals surface area contributed by atoms with Crippen LogP contribution in [0.5, 0.6) is 5.75 Å². The average molecular weight is 523 g/mol. The predicted octanol–water partition coefficient (Wildman–Crippen LogP) is 5.25. The van der Waals surface area contributed by atoms with Crippen molar-refractivity contribution >= 4 is 51.6 Å². The van der Waals surface area contributed by atoms with Gasteiger partial charge in [-0.25, -0.2) is 0 Å². The zero-order chi connectivity index (χ0) is 20.8. The topological polar surface area (TPSA) is 55.8 Å². The molecule has 3 rings (SSSR count). The summed E-state index contributed by atoms with van der Waals surface area (Å²) in [6.45, 7) is 3.45. The molecular formula is C22H22INO4S. The van der Waals surface area contributed by atoms with Gasteiger partial charge in [0.05, 0.1) is 8.48 Å². The molecule has 5 nitrogen and oxygen atoms in total. The first-order valence-electron chi connectivity index (χ1n) is 9.20. The lowest BCUT2D eigenvalue weighted by molar-refractivity contribution is -0.122. The molecule has 1 heterocycles. The molecule has 0 spiro atoms. The van der Waals surface area contributed by atoms with Crippen LogP contribution >= 0.6 is 34.4 Å². The monoisotopic (exact) mass is 523 g/mol. The van der Waals surface area contributed by atoms with E-state index in [2.05, 4.69) is 41.6 Å². The van der Waals surface area contributed by atoms with Gasteiger partial charge in [-0.05, 0) is 77.0 Å². The van der Waals surface area contributed by atoms with E-state index in [1.54, 1.807) is 13.2 Å². The van der Waals surface area contributed by atoms with Crippen LogP contribution in [0.2, 0.25) is 0 Å². The molecule has 0 aliphatic carbocycles. The van der Waals surface area contributed by atoms with Crippen LogP contribution in [0.15, 0.2) is 47.4 Å². The Labute approximate surface area is 188 Å². The summed E-state index contributed by atoms with van der Waals surface area (Å²) in [6, 6.07) is 14.0. The van der Waals surface area contributed by atoms with E-state index in [0.29, 0.717) is 31.1 Å². The van der Waals surface area contributed by atoms with Crippen molar-refractivity contribution in [1.82, 2.24) is 4.90 Å². The Morgan fingerprint density at radius 2 is 2.00 bits per heavy atom. The second-order valence-electron chi connectivity index (χ2n) is 6.65. The second-order valence-corrected chi connectivity index (χ2v) is 8.80. The fourth-order valence-corrected chi connectivity index (χ4v) is 4.46. The van der Waals surface area contributed by atoms with E-state index in [9.17, 15) is 9.59 Å². The SMILES string of the molecule is COCCCN1C(=O)S/C(=C/c2ccc(OCc3cccc(C)c3)c(I)c2)C1=O. The minimum absolute atomic E-state index is 0.231. The molecule has 1 saturated heterocycles. The number of rotatable bonds is 8. The van der Waals surface area contributed by atoms with Crippen molar-refractivity contribution in [3.63, 3.8) is 0 Å². The maximum absolute atomic E-state index is 12.5. The molecule has 0 bridgehead atoms. The van der Waals surface area contributed by atoms with Crippen molar-refractivity contribution in [3.8, 4) is 5.75 Å². The summed E-state index contributed by atoms with van der Waals surface area (Å²) in [5, 5.41) is -0.231. The van der Waals surface area contributed by atoms with Gasteiger partial charge in [-0.1, -0.05) is 35.9 Å². The van der Waals surface area contributed by atoms with Gasteiger partial charge in [-0.15, -0.1) is 0 Å². The van der Waals surface area contributed by atoms with Crippen molar-refractivity contribution in [2.24, 2.45) is 0 Å². The average Bonchev–Trinajstić information content (AvgIpc) is 2.95. The van der Waals surface area contributed by atoms with Crippen molar-refractivity contribution in [1.29, 1.82) is 0 Å². The van der Waals surface area contributed by atoms with Crippen LogP contribution in [-0.4, -0.2) is 36.3 Å². The quantitative estimate of drug-likeness (QED) is 0.269. The van der Waals surface area contributed by atoms with Crippen LogP contribution in [0.25, 0.3) is 6.08 Å². The minimum Gasteiger partial charge on any atom is -0.488 e. The Morgan fingerprint density at radius 3 is 2.72 bits per heavy atom. The first-order valence-corrected chi connectivity index (χ1v) is 11.1. The van der Waals surface area contributed by atoms with E-state index in [0.717, 1.165) is 32.2 Å². The van der Waals surface area contributed by atoms with E-state index in [1.807, 2.05) is 30.3 Å². The number of benzene rings is 2. The Kier molecular flexibility index (Phi) is 7.74. The highest BCUT2D eigenvalue weighted by Crippen LogP contribution is 2.33. The zero-order valence-electron chi connectivity index (χ0n) is 16.3. The lowest BCUT2D eigenvalue weighted by Crippen LogP contribution is -2.29. The van der Waals surface area contributed by atoms with Gasteiger partial charge in [-0.2, -0.15) is 0 Å². The molecule has 0 radical (unpaired) electrons. The molecule has 1 fully saturated rings. The lowest BCUT2D eigenvalue weighted by atomic mass is 10.1. The maximum atomic E-state index is 12.5. The van der Waals surface area contributed by atoms with E-state index in [4.69, 9.17) is 9.47 Å². The summed E-state index contributed by atoms with van der Waals surface area (Å²) in [4.78, 5) is 26.3. The molecule has 29 heavy (non-hydrogen) atoms. The molecule has 152 valence electrons. The number of nitrogens with zero attached hydrogens (tertiary/aromatic N) is 1. The first kappa shape index (κ1) is 21.9. The molecule has 0 saturated carbocycles. The highest BCUT2D eigenvalue weighted by Gasteiger charge is 2.34. The summed E-state index contributed by atoms with van der Waals surface area (Å²) >= 11 is 3.20. The molecule has 1 aliphatic rings. The van der Waals surface area contributed by atoms with Crippen molar-refractivity contribution in [2.75, 3.05) is 20.3 Å². The van der Waals surface area contributed by atoms with Gasteiger partial charge in [0.1, 0.15) is 12.4 Å². The molecule has 0 N–H and O–H groups in total. The molecule has 0 atom stereocenters. The summed E-state index contributed by atoms with van der Waals surface area (Å²) in [5.41, 5.74) is 3.18. The molecule has 2 amide bonds. The van der Waals surface area contributed by atoms with E-state index in [1.165, 1.54) is 10.5 Å². The Morgan fingerprint density at radius 1 is 1.17 bits per heavy atom. The molecule has 2 aromatic carbocycles. The molecule has 0 unspecified atom stereocenters. The van der Waals surface area contributed by atoms with E-state index in [-0.39, 0.29) is 11.1 Å². The highest BCUT2D eigenvalue weighted by molar-refractivity contribution is 14.1. The summed E-state index contributed by atoms with van der Waals surface area (Å²) in [7, 11) is 1.60. The molecule has 0 aromatic heterocycles. The zero-order valence-corrected chi connectivity index (χ0v) is 19.3. The molecule has 2 aromatic rings. The van der Waals surface area contributed by atoms with Gasteiger partial charge in [-0.3, -0.25) is 14.5 Å². The number of carbonyl (C=O) groups excluding carboxylic acids is 2. The van der Waals surface area contributed by atoms with Gasteiger partial charge in [0, 0.05) is 20.3 Å². The number of aryl methyl sites for hydroxylation is 1. The van der Waals surface area contributed by atoms with Gasteiger partial charge < -0.3 is 9.47 Å². The molecular weight excluding hydrogens is 501 g/mol. The number of amides is 2. The van der Waals surface area contributed by atoms with Gasteiger partial charge >= 0.3 is 0 Å². The highest BCUT2D eigenvalue weighted by atomic mass is 127. The third-order valence-corrected chi connectivity index (χ3v) is 6.08.